The first-order valence-electron chi connectivity index (χ1n) is 5.33. The predicted molar refractivity (Wildman–Crippen MR) is 60.6 cm³/mol. The first kappa shape index (κ1) is 10.8. The summed E-state index contributed by atoms with van der Waals surface area (Å²) >= 11 is 5.21. The van der Waals surface area contributed by atoms with E-state index in [2.05, 4.69) is 28.6 Å². The Morgan fingerprint density at radius 3 is 2.73 bits per heavy atom. The lowest BCUT2D eigenvalue weighted by atomic mass is 9.81. The first-order chi connectivity index (χ1) is 7.13. The Bertz CT molecular complexity index is 390. The van der Waals surface area contributed by atoms with Gasteiger partial charge in [0.2, 0.25) is 0 Å². The maximum absolute atomic E-state index is 5.27. The van der Waals surface area contributed by atoms with Crippen LogP contribution < -0.4 is 0 Å². The molecule has 1 heterocycles. The van der Waals surface area contributed by atoms with Gasteiger partial charge in [-0.25, -0.2) is 0 Å². The zero-order valence-electron chi connectivity index (χ0n) is 9.36. The molecule has 0 saturated heterocycles. The monoisotopic (exact) mass is 227 g/mol. The molecule has 0 atom stereocenters. The Balaban J connectivity index is 2.19. The highest BCUT2D eigenvalue weighted by atomic mass is 32.1. The fourth-order valence-electron chi connectivity index (χ4n) is 2.07. The second-order valence-electron chi connectivity index (χ2n) is 4.38. The predicted octanol–water partition coefficient (Wildman–Crippen LogP) is 2.41. The van der Waals surface area contributed by atoms with Crippen LogP contribution in [0.1, 0.15) is 44.5 Å². The Morgan fingerprint density at radius 1 is 1.53 bits per heavy atom. The largest absolute Gasteiger partial charge is 0.381 e. The summed E-state index contributed by atoms with van der Waals surface area (Å²) in [6, 6.07) is 0.368. The molecule has 1 saturated carbocycles. The van der Waals surface area contributed by atoms with E-state index >= 15 is 0 Å². The van der Waals surface area contributed by atoms with Crippen LogP contribution in [0, 0.1) is 4.77 Å². The van der Waals surface area contributed by atoms with Gasteiger partial charge in [0.05, 0.1) is 6.10 Å². The van der Waals surface area contributed by atoms with Crippen molar-refractivity contribution in [2.75, 3.05) is 7.11 Å². The van der Waals surface area contributed by atoms with E-state index in [4.69, 9.17) is 17.0 Å². The lowest BCUT2D eigenvalue weighted by molar-refractivity contribution is 0.0224. The molecule has 4 nitrogen and oxygen atoms in total. The number of aromatic amines is 1. The van der Waals surface area contributed by atoms with Crippen molar-refractivity contribution in [1.82, 2.24) is 14.8 Å². The Morgan fingerprint density at radius 2 is 2.20 bits per heavy atom. The fraction of sp³-hybridized carbons (Fsp3) is 0.800. The number of rotatable bonds is 3. The summed E-state index contributed by atoms with van der Waals surface area (Å²) in [6.45, 7) is 4.25. The van der Waals surface area contributed by atoms with Crippen molar-refractivity contribution >= 4 is 12.2 Å². The van der Waals surface area contributed by atoms with Gasteiger partial charge < -0.3 is 9.30 Å². The third-order valence-electron chi connectivity index (χ3n) is 3.04. The van der Waals surface area contributed by atoms with Gasteiger partial charge in [0.15, 0.2) is 4.77 Å². The fourth-order valence-corrected chi connectivity index (χ4v) is 2.42. The van der Waals surface area contributed by atoms with Gasteiger partial charge >= 0.3 is 0 Å². The molecule has 0 radical (unpaired) electrons. The smallest absolute Gasteiger partial charge is 0.195 e. The standard InChI is InChI=1S/C10H17N3OS/c1-6(2)13-9(11-12-10(13)15)7-4-8(5-7)14-3/h6-8H,4-5H2,1-3H3,(H,12,15). The molecule has 1 fully saturated rings. The van der Waals surface area contributed by atoms with Crippen molar-refractivity contribution in [1.29, 1.82) is 0 Å². The van der Waals surface area contributed by atoms with Gasteiger partial charge in [0, 0.05) is 19.1 Å². The summed E-state index contributed by atoms with van der Waals surface area (Å²) in [7, 11) is 1.76. The number of aromatic nitrogens is 3. The van der Waals surface area contributed by atoms with Crippen LogP contribution in [0.15, 0.2) is 0 Å². The van der Waals surface area contributed by atoms with E-state index in [1.54, 1.807) is 7.11 Å². The summed E-state index contributed by atoms with van der Waals surface area (Å²) in [5, 5.41) is 7.19. The second kappa shape index (κ2) is 4.06. The molecule has 84 valence electrons. The molecule has 0 amide bonds. The van der Waals surface area contributed by atoms with Crippen LogP contribution in [0.5, 0.6) is 0 Å². The average molecular weight is 227 g/mol. The van der Waals surface area contributed by atoms with Crippen molar-refractivity contribution in [2.45, 2.75) is 44.8 Å². The quantitative estimate of drug-likeness (QED) is 0.806. The minimum atomic E-state index is 0.368. The molecule has 1 aliphatic rings. The molecular formula is C10H17N3OS. The summed E-state index contributed by atoms with van der Waals surface area (Å²) in [5.41, 5.74) is 0. The number of ether oxygens (including phenoxy) is 1. The first-order valence-corrected chi connectivity index (χ1v) is 5.74. The van der Waals surface area contributed by atoms with Crippen LogP contribution in [-0.2, 0) is 4.74 Å². The van der Waals surface area contributed by atoms with E-state index in [9.17, 15) is 0 Å². The van der Waals surface area contributed by atoms with Crippen LogP contribution in [0.2, 0.25) is 0 Å². The van der Waals surface area contributed by atoms with Gasteiger partial charge in [0.25, 0.3) is 0 Å². The van der Waals surface area contributed by atoms with Gasteiger partial charge in [-0.2, -0.15) is 5.10 Å². The summed E-state index contributed by atoms with van der Waals surface area (Å²) in [6.07, 6.45) is 2.52. The van der Waals surface area contributed by atoms with Crippen LogP contribution >= 0.6 is 12.2 Å². The molecule has 1 N–H and O–H groups in total. The number of hydrogen-bond donors (Lipinski definition) is 1. The van der Waals surface area contributed by atoms with Crippen molar-refractivity contribution in [3.8, 4) is 0 Å². The summed E-state index contributed by atoms with van der Waals surface area (Å²) in [5.74, 6) is 1.59. The van der Waals surface area contributed by atoms with Crippen LogP contribution in [0.3, 0.4) is 0 Å². The number of nitrogens with one attached hydrogen (secondary N) is 1. The van der Waals surface area contributed by atoms with E-state index in [-0.39, 0.29) is 0 Å². The third-order valence-corrected chi connectivity index (χ3v) is 3.33. The van der Waals surface area contributed by atoms with Crippen molar-refractivity contribution in [3.05, 3.63) is 10.6 Å². The normalized spacial score (nSPS) is 25.6. The molecule has 2 rings (SSSR count). The van der Waals surface area contributed by atoms with E-state index in [0.29, 0.717) is 18.1 Å². The number of hydrogen-bond acceptors (Lipinski definition) is 3. The molecule has 15 heavy (non-hydrogen) atoms. The van der Waals surface area contributed by atoms with E-state index < -0.39 is 0 Å². The summed E-state index contributed by atoms with van der Waals surface area (Å²) < 4.78 is 8.10. The summed E-state index contributed by atoms with van der Waals surface area (Å²) in [4.78, 5) is 0. The SMILES string of the molecule is COC1CC(c2n[nH]c(=S)n2C(C)C)C1. The van der Waals surface area contributed by atoms with Crippen LogP contribution in [-0.4, -0.2) is 28.0 Å². The Labute approximate surface area is 94.6 Å². The molecule has 1 aliphatic carbocycles. The number of methoxy groups -OCH3 is 1. The lowest BCUT2D eigenvalue weighted by Gasteiger charge is -2.33. The average Bonchev–Trinajstić information content (AvgIpc) is 2.45. The third kappa shape index (κ3) is 1.86. The van der Waals surface area contributed by atoms with Gasteiger partial charge in [0.1, 0.15) is 5.82 Å². The molecule has 0 aromatic carbocycles. The van der Waals surface area contributed by atoms with Gasteiger partial charge in [-0.3, -0.25) is 5.10 Å². The minimum absolute atomic E-state index is 0.368. The molecule has 0 bridgehead atoms. The van der Waals surface area contributed by atoms with Gasteiger partial charge in [-0.1, -0.05) is 0 Å². The van der Waals surface area contributed by atoms with Crippen LogP contribution in [0.25, 0.3) is 0 Å². The molecular weight excluding hydrogens is 210 g/mol. The second-order valence-corrected chi connectivity index (χ2v) is 4.76. The maximum atomic E-state index is 5.27. The molecule has 1 aromatic rings. The number of H-pyrrole nitrogens is 1. The van der Waals surface area contributed by atoms with Gasteiger partial charge in [-0.05, 0) is 38.9 Å². The topological polar surface area (TPSA) is 42.8 Å². The molecule has 0 spiro atoms. The molecule has 0 unspecified atom stereocenters. The van der Waals surface area contributed by atoms with E-state index in [1.807, 2.05) is 0 Å². The highest BCUT2D eigenvalue weighted by molar-refractivity contribution is 7.71. The molecule has 5 heteroatoms. The molecule has 0 aliphatic heterocycles. The lowest BCUT2D eigenvalue weighted by Crippen LogP contribution is -2.30. The Hall–Kier alpha value is -0.680. The van der Waals surface area contributed by atoms with Crippen molar-refractivity contribution in [2.24, 2.45) is 0 Å². The highest BCUT2D eigenvalue weighted by Gasteiger charge is 2.34. The van der Waals surface area contributed by atoms with Gasteiger partial charge in [-0.15, -0.1) is 0 Å². The van der Waals surface area contributed by atoms with E-state index in [0.717, 1.165) is 23.4 Å². The van der Waals surface area contributed by atoms with E-state index in [1.165, 1.54) is 0 Å². The maximum Gasteiger partial charge on any atom is 0.195 e. The van der Waals surface area contributed by atoms with Crippen molar-refractivity contribution in [3.63, 3.8) is 0 Å². The zero-order chi connectivity index (χ0) is 11.0. The van der Waals surface area contributed by atoms with Crippen molar-refractivity contribution < 1.29 is 4.74 Å². The highest BCUT2D eigenvalue weighted by Crippen LogP contribution is 2.38. The zero-order valence-corrected chi connectivity index (χ0v) is 10.2. The number of nitrogens with zero attached hydrogens (tertiary/aromatic N) is 2. The molecule has 1 aromatic heterocycles. The van der Waals surface area contributed by atoms with Crippen LogP contribution in [0.4, 0.5) is 0 Å². The Kier molecular flexibility index (Phi) is 2.93. The minimum Gasteiger partial charge on any atom is -0.381 e.